The van der Waals surface area contributed by atoms with Crippen LogP contribution in [0.4, 0.5) is 18.9 Å². The second-order valence-corrected chi connectivity index (χ2v) is 6.33. The van der Waals surface area contributed by atoms with Gasteiger partial charge in [0.15, 0.2) is 5.75 Å². The molecule has 1 aliphatic rings. The zero-order chi connectivity index (χ0) is 19.4. The summed E-state index contributed by atoms with van der Waals surface area (Å²) in [5.74, 6) is -0.00588. The van der Waals surface area contributed by atoms with Gasteiger partial charge in [-0.05, 0) is 38.1 Å². The molecule has 2 aromatic rings. The minimum atomic E-state index is -4.56. The molecule has 1 aromatic heterocycles. The molecule has 1 aliphatic heterocycles. The number of ether oxygens (including phenoxy) is 1. The summed E-state index contributed by atoms with van der Waals surface area (Å²) in [6.45, 7) is 2.96. The molecule has 2 heterocycles. The van der Waals surface area contributed by atoms with Crippen LogP contribution in [0.1, 0.15) is 25.0 Å². The fourth-order valence-corrected chi connectivity index (χ4v) is 3.01. The fourth-order valence-electron chi connectivity index (χ4n) is 3.01. The largest absolute Gasteiger partial charge is 0.485 e. The molecule has 146 valence electrons. The number of hydrogen-bond donors (Lipinski definition) is 1. The topological polar surface area (TPSA) is 84.3 Å². The number of nitrogens with one attached hydrogen (secondary N) is 1. The highest BCUT2D eigenvalue weighted by atomic mass is 19.4. The monoisotopic (exact) mass is 384 g/mol. The van der Waals surface area contributed by atoms with Crippen LogP contribution in [0.5, 0.6) is 5.75 Å². The Labute approximate surface area is 153 Å². The number of imidazole rings is 1. The summed E-state index contributed by atoms with van der Waals surface area (Å²) in [6, 6.07) is 4.00. The molecule has 0 spiro atoms. The Balaban J connectivity index is 1.72. The van der Waals surface area contributed by atoms with Crippen LogP contribution in [0.25, 0.3) is 11.4 Å². The predicted molar refractivity (Wildman–Crippen MR) is 91.5 cm³/mol. The summed E-state index contributed by atoms with van der Waals surface area (Å²) >= 11 is 0. The Morgan fingerprint density at radius 3 is 2.63 bits per heavy atom. The van der Waals surface area contributed by atoms with E-state index in [1.807, 2.05) is 0 Å². The van der Waals surface area contributed by atoms with Gasteiger partial charge in [-0.15, -0.1) is 0 Å². The van der Waals surface area contributed by atoms with E-state index >= 15 is 0 Å². The summed E-state index contributed by atoms with van der Waals surface area (Å²) in [7, 11) is 0. The average Bonchev–Trinajstić information content (AvgIpc) is 3.13. The molecule has 1 N–H and O–H groups in total. The number of piperidine rings is 1. The lowest BCUT2D eigenvalue weighted by Crippen LogP contribution is -2.33. The van der Waals surface area contributed by atoms with Crippen molar-refractivity contribution >= 4 is 5.69 Å². The van der Waals surface area contributed by atoms with Crippen LogP contribution in [-0.4, -0.2) is 46.0 Å². The van der Waals surface area contributed by atoms with Crippen molar-refractivity contribution in [3.63, 3.8) is 0 Å². The fraction of sp³-hybridized carbons (Fsp3) is 0.471. The number of hydrogen-bond acceptors (Lipinski definition) is 5. The Hall–Kier alpha value is -2.62. The van der Waals surface area contributed by atoms with E-state index in [4.69, 9.17) is 4.74 Å². The predicted octanol–water partition coefficient (Wildman–Crippen LogP) is 3.87. The van der Waals surface area contributed by atoms with Gasteiger partial charge in [-0.3, -0.25) is 15.0 Å². The number of benzene rings is 1. The minimum Gasteiger partial charge on any atom is -0.485 e. The van der Waals surface area contributed by atoms with Crippen molar-refractivity contribution in [2.75, 3.05) is 26.2 Å². The van der Waals surface area contributed by atoms with Crippen LogP contribution in [0.3, 0.4) is 0 Å². The Kier molecular flexibility index (Phi) is 5.64. The number of aromatic amines is 1. The summed E-state index contributed by atoms with van der Waals surface area (Å²) in [4.78, 5) is 18.8. The minimum absolute atomic E-state index is 0.0864. The van der Waals surface area contributed by atoms with Gasteiger partial charge >= 0.3 is 11.9 Å². The normalized spacial score (nSPS) is 15.7. The first kappa shape index (κ1) is 19.2. The molecule has 0 atom stereocenters. The molecule has 0 aliphatic carbocycles. The lowest BCUT2D eigenvalue weighted by Gasteiger charge is -2.26. The number of aromatic nitrogens is 2. The molecule has 0 saturated carbocycles. The van der Waals surface area contributed by atoms with Gasteiger partial charge in [0.1, 0.15) is 18.1 Å². The summed E-state index contributed by atoms with van der Waals surface area (Å²) < 4.78 is 43.6. The average molecular weight is 384 g/mol. The van der Waals surface area contributed by atoms with E-state index in [0.29, 0.717) is 19.3 Å². The van der Waals surface area contributed by atoms with Gasteiger partial charge in [0, 0.05) is 18.2 Å². The zero-order valence-electron chi connectivity index (χ0n) is 14.5. The van der Waals surface area contributed by atoms with Crippen molar-refractivity contribution in [2.45, 2.75) is 25.4 Å². The maximum absolute atomic E-state index is 12.7. The van der Waals surface area contributed by atoms with E-state index in [-0.39, 0.29) is 22.8 Å². The van der Waals surface area contributed by atoms with Crippen LogP contribution in [-0.2, 0) is 6.18 Å². The van der Waals surface area contributed by atoms with E-state index in [1.54, 1.807) is 0 Å². The second kappa shape index (κ2) is 7.95. The lowest BCUT2D eigenvalue weighted by atomic mass is 10.1. The van der Waals surface area contributed by atoms with Crippen LogP contribution in [0.15, 0.2) is 24.4 Å². The highest BCUT2D eigenvalue weighted by molar-refractivity contribution is 5.63. The van der Waals surface area contributed by atoms with Crippen molar-refractivity contribution in [1.82, 2.24) is 14.9 Å². The van der Waals surface area contributed by atoms with Gasteiger partial charge in [-0.1, -0.05) is 6.42 Å². The highest BCUT2D eigenvalue weighted by Crippen LogP contribution is 2.33. The first-order valence-electron chi connectivity index (χ1n) is 8.61. The summed E-state index contributed by atoms with van der Waals surface area (Å²) in [5, 5.41) is 11.3. The first-order valence-corrected chi connectivity index (χ1v) is 8.61. The maximum Gasteiger partial charge on any atom is 0.432 e. The van der Waals surface area contributed by atoms with Crippen LogP contribution in [0, 0.1) is 10.1 Å². The molecule has 0 unspecified atom stereocenters. The van der Waals surface area contributed by atoms with Crippen molar-refractivity contribution in [2.24, 2.45) is 0 Å². The molecule has 1 saturated heterocycles. The second-order valence-electron chi connectivity index (χ2n) is 6.33. The maximum atomic E-state index is 12.7. The molecule has 10 heteroatoms. The Bertz CT molecular complexity index is 801. The van der Waals surface area contributed by atoms with Crippen LogP contribution < -0.4 is 4.74 Å². The zero-order valence-corrected chi connectivity index (χ0v) is 14.5. The molecule has 0 radical (unpaired) electrons. The smallest absolute Gasteiger partial charge is 0.432 e. The third kappa shape index (κ3) is 4.76. The SMILES string of the molecule is O=[N+]([O-])c1cc(-c2ncc(C(F)(F)F)[nH]2)ccc1OCCN1CCCCC1. The molecule has 0 bridgehead atoms. The van der Waals surface area contributed by atoms with Gasteiger partial charge in [-0.25, -0.2) is 4.98 Å². The lowest BCUT2D eigenvalue weighted by molar-refractivity contribution is -0.385. The molecule has 27 heavy (non-hydrogen) atoms. The Morgan fingerprint density at radius 1 is 1.26 bits per heavy atom. The van der Waals surface area contributed by atoms with Gasteiger partial charge in [-0.2, -0.15) is 13.2 Å². The highest BCUT2D eigenvalue weighted by Gasteiger charge is 2.33. The molecule has 1 aromatic carbocycles. The summed E-state index contributed by atoms with van der Waals surface area (Å²) in [6.07, 6.45) is -0.415. The molecule has 1 fully saturated rings. The van der Waals surface area contributed by atoms with Crippen molar-refractivity contribution in [3.8, 4) is 17.1 Å². The molecule has 0 amide bonds. The van der Waals surface area contributed by atoms with Crippen molar-refractivity contribution in [1.29, 1.82) is 0 Å². The number of halogens is 3. The van der Waals surface area contributed by atoms with Gasteiger partial charge in [0.05, 0.1) is 11.1 Å². The van der Waals surface area contributed by atoms with E-state index in [1.165, 1.54) is 18.6 Å². The number of alkyl halides is 3. The summed E-state index contributed by atoms with van der Waals surface area (Å²) in [5.41, 5.74) is -1.14. The number of nitro groups is 1. The molecular formula is C17H19F3N4O3. The van der Waals surface area contributed by atoms with E-state index in [2.05, 4.69) is 14.9 Å². The number of rotatable bonds is 6. The quantitative estimate of drug-likeness (QED) is 0.604. The first-order chi connectivity index (χ1) is 12.8. The van der Waals surface area contributed by atoms with E-state index in [0.717, 1.165) is 32.0 Å². The van der Waals surface area contributed by atoms with E-state index in [9.17, 15) is 23.3 Å². The Morgan fingerprint density at radius 2 is 2.00 bits per heavy atom. The van der Waals surface area contributed by atoms with Gasteiger partial charge in [0.2, 0.25) is 0 Å². The van der Waals surface area contributed by atoms with Crippen molar-refractivity contribution in [3.05, 3.63) is 40.2 Å². The third-order valence-electron chi connectivity index (χ3n) is 4.42. The molecule has 3 rings (SSSR count). The van der Waals surface area contributed by atoms with Crippen molar-refractivity contribution < 1.29 is 22.8 Å². The number of likely N-dealkylation sites (tertiary alicyclic amines) is 1. The standard InChI is InChI=1S/C17H19F3N4O3/c18-17(19,20)15-11-21-16(22-15)12-4-5-14(13(10-12)24(25)26)27-9-8-23-6-2-1-3-7-23/h4-5,10-11H,1-3,6-9H2,(H,21,22). The van der Waals surface area contributed by atoms with Gasteiger partial charge in [0.25, 0.3) is 0 Å². The number of nitro benzene ring substituents is 1. The van der Waals surface area contributed by atoms with Crippen LogP contribution >= 0.6 is 0 Å². The van der Waals surface area contributed by atoms with E-state index < -0.39 is 16.8 Å². The third-order valence-corrected chi connectivity index (χ3v) is 4.42. The molecule has 7 nitrogen and oxygen atoms in total. The number of nitrogens with zero attached hydrogens (tertiary/aromatic N) is 3. The van der Waals surface area contributed by atoms with Gasteiger partial charge < -0.3 is 9.72 Å². The molecular weight excluding hydrogens is 365 g/mol. The number of H-pyrrole nitrogens is 1. The van der Waals surface area contributed by atoms with Crippen LogP contribution in [0.2, 0.25) is 0 Å².